The Labute approximate surface area is 211 Å². The lowest BCUT2D eigenvalue weighted by molar-refractivity contribution is 0.152. The van der Waals surface area contributed by atoms with Crippen LogP contribution in [0.4, 0.5) is 0 Å². The van der Waals surface area contributed by atoms with E-state index in [2.05, 4.69) is 77.6 Å². The molecule has 2 heterocycles. The van der Waals surface area contributed by atoms with Crippen LogP contribution in [0.5, 0.6) is 0 Å². The van der Waals surface area contributed by atoms with Crippen molar-refractivity contribution in [2.24, 2.45) is 12.0 Å². The van der Waals surface area contributed by atoms with E-state index < -0.39 is 0 Å². The van der Waals surface area contributed by atoms with Crippen LogP contribution in [0, 0.1) is 13.8 Å². The molecule has 2 atom stereocenters. The summed E-state index contributed by atoms with van der Waals surface area (Å²) in [4.78, 5) is 7.01. The summed E-state index contributed by atoms with van der Waals surface area (Å²) in [5.74, 6) is 0.831. The Hall–Kier alpha value is -1.61. The normalized spacial score (nSPS) is 18.2. The maximum absolute atomic E-state index is 4.53. The fourth-order valence-electron chi connectivity index (χ4n) is 4.47. The number of benzene rings is 1. The van der Waals surface area contributed by atoms with Crippen LogP contribution in [0.2, 0.25) is 0 Å². The predicted molar refractivity (Wildman–Crippen MR) is 145 cm³/mol. The van der Waals surface area contributed by atoms with Gasteiger partial charge in [-0.05, 0) is 70.2 Å². The van der Waals surface area contributed by atoms with E-state index in [1.165, 1.54) is 48.2 Å². The fourth-order valence-corrected chi connectivity index (χ4v) is 4.47. The van der Waals surface area contributed by atoms with Crippen LogP contribution in [0.15, 0.2) is 29.3 Å². The van der Waals surface area contributed by atoms with Gasteiger partial charge in [0, 0.05) is 45.0 Å². The minimum Gasteiger partial charge on any atom is -0.354 e. The number of guanidine groups is 1. The van der Waals surface area contributed by atoms with E-state index in [9.17, 15) is 0 Å². The van der Waals surface area contributed by atoms with E-state index >= 15 is 0 Å². The summed E-state index contributed by atoms with van der Waals surface area (Å²) in [6.45, 7) is 11.8. The zero-order valence-electron chi connectivity index (χ0n) is 20.6. The summed E-state index contributed by atoms with van der Waals surface area (Å²) in [6.07, 6.45) is 4.96. The van der Waals surface area contributed by atoms with Crippen molar-refractivity contribution in [3.8, 4) is 0 Å². The number of hydrogen-bond acceptors (Lipinski definition) is 3. The van der Waals surface area contributed by atoms with Crippen LogP contribution in [0.3, 0.4) is 0 Å². The number of piperidine rings is 1. The van der Waals surface area contributed by atoms with Crippen LogP contribution in [-0.2, 0) is 26.6 Å². The summed E-state index contributed by atoms with van der Waals surface area (Å²) in [5, 5.41) is 11.5. The fraction of sp³-hybridized carbons (Fsp3) is 0.600. The molecule has 0 amide bonds. The SMILES string of the molecule is CN=C(NCc1ccc(CN2CCCCC2C)cc1)NC(C)Cc1c(C)nn(C)c1C.I. The molecule has 0 spiro atoms. The molecular weight excluding hydrogens is 511 g/mol. The topological polar surface area (TPSA) is 57.5 Å². The lowest BCUT2D eigenvalue weighted by Crippen LogP contribution is -2.42. The van der Waals surface area contributed by atoms with Crippen LogP contribution in [0.1, 0.15) is 61.2 Å². The Balaban J connectivity index is 0.00000363. The van der Waals surface area contributed by atoms with Gasteiger partial charge in [0.15, 0.2) is 5.96 Å². The zero-order chi connectivity index (χ0) is 22.4. The molecule has 6 nitrogen and oxygen atoms in total. The third kappa shape index (κ3) is 7.20. The third-order valence-corrected chi connectivity index (χ3v) is 6.59. The first-order valence-corrected chi connectivity index (χ1v) is 11.7. The molecule has 0 bridgehead atoms. The maximum Gasteiger partial charge on any atom is 0.191 e. The first kappa shape index (κ1) is 26.6. The Morgan fingerprint density at radius 1 is 1.19 bits per heavy atom. The Bertz CT molecular complexity index is 873. The molecule has 2 unspecified atom stereocenters. The van der Waals surface area contributed by atoms with E-state index in [1.54, 1.807) is 0 Å². The van der Waals surface area contributed by atoms with Crippen molar-refractivity contribution in [2.45, 2.75) is 78.6 Å². The number of nitrogens with one attached hydrogen (secondary N) is 2. The quantitative estimate of drug-likeness (QED) is 0.305. The van der Waals surface area contributed by atoms with Crippen LogP contribution in [0.25, 0.3) is 0 Å². The van der Waals surface area contributed by atoms with Gasteiger partial charge in [0.1, 0.15) is 0 Å². The molecule has 2 N–H and O–H groups in total. The largest absolute Gasteiger partial charge is 0.354 e. The molecule has 32 heavy (non-hydrogen) atoms. The van der Waals surface area contributed by atoms with Gasteiger partial charge in [0.05, 0.1) is 5.69 Å². The first-order valence-electron chi connectivity index (χ1n) is 11.7. The van der Waals surface area contributed by atoms with Gasteiger partial charge < -0.3 is 10.6 Å². The van der Waals surface area contributed by atoms with E-state index in [4.69, 9.17) is 0 Å². The molecule has 0 radical (unpaired) electrons. The molecule has 1 aliphatic heterocycles. The lowest BCUT2D eigenvalue weighted by atomic mass is 10.0. The van der Waals surface area contributed by atoms with E-state index in [0.717, 1.165) is 31.2 Å². The van der Waals surface area contributed by atoms with Gasteiger partial charge in [-0.3, -0.25) is 14.6 Å². The van der Waals surface area contributed by atoms with Crippen molar-refractivity contribution in [3.63, 3.8) is 0 Å². The Kier molecular flexibility index (Phi) is 10.5. The van der Waals surface area contributed by atoms with Crippen LogP contribution < -0.4 is 10.6 Å². The number of nitrogens with zero attached hydrogens (tertiary/aromatic N) is 4. The summed E-state index contributed by atoms with van der Waals surface area (Å²) in [6, 6.07) is 9.97. The van der Waals surface area contributed by atoms with Crippen molar-refractivity contribution >= 4 is 29.9 Å². The third-order valence-electron chi connectivity index (χ3n) is 6.59. The van der Waals surface area contributed by atoms with E-state index in [0.29, 0.717) is 6.04 Å². The van der Waals surface area contributed by atoms with Gasteiger partial charge in [-0.1, -0.05) is 30.7 Å². The molecule has 1 aromatic heterocycles. The molecule has 1 fully saturated rings. The Morgan fingerprint density at radius 3 is 2.47 bits per heavy atom. The highest BCUT2D eigenvalue weighted by molar-refractivity contribution is 14.0. The highest BCUT2D eigenvalue weighted by Gasteiger charge is 2.18. The number of halogens is 1. The van der Waals surface area contributed by atoms with Gasteiger partial charge >= 0.3 is 0 Å². The molecule has 178 valence electrons. The highest BCUT2D eigenvalue weighted by Crippen LogP contribution is 2.19. The minimum atomic E-state index is 0. The smallest absolute Gasteiger partial charge is 0.191 e. The van der Waals surface area contributed by atoms with Gasteiger partial charge in [0.25, 0.3) is 0 Å². The molecule has 3 rings (SSSR count). The molecule has 1 saturated heterocycles. The number of likely N-dealkylation sites (tertiary alicyclic amines) is 1. The van der Waals surface area contributed by atoms with Crippen molar-refractivity contribution < 1.29 is 0 Å². The minimum absolute atomic E-state index is 0. The van der Waals surface area contributed by atoms with Crippen LogP contribution in [-0.4, -0.2) is 46.3 Å². The first-order chi connectivity index (χ1) is 14.9. The second kappa shape index (κ2) is 12.6. The number of aliphatic imine (C=N–C) groups is 1. The average molecular weight is 553 g/mol. The van der Waals surface area contributed by atoms with E-state index in [-0.39, 0.29) is 30.0 Å². The summed E-state index contributed by atoms with van der Waals surface area (Å²) in [5.41, 5.74) is 6.32. The van der Waals surface area contributed by atoms with Gasteiger partial charge in [-0.2, -0.15) is 5.10 Å². The van der Waals surface area contributed by atoms with Gasteiger partial charge in [-0.15, -0.1) is 24.0 Å². The van der Waals surface area contributed by atoms with Crippen molar-refractivity contribution in [2.75, 3.05) is 13.6 Å². The monoisotopic (exact) mass is 552 g/mol. The highest BCUT2D eigenvalue weighted by atomic mass is 127. The molecule has 2 aromatic rings. The molecule has 0 saturated carbocycles. The second-order valence-electron chi connectivity index (χ2n) is 9.08. The molecular formula is C25H41IN6. The maximum atomic E-state index is 4.53. The van der Waals surface area contributed by atoms with E-state index in [1.807, 2.05) is 18.8 Å². The van der Waals surface area contributed by atoms with Gasteiger partial charge in [-0.25, -0.2) is 0 Å². The van der Waals surface area contributed by atoms with Crippen molar-refractivity contribution in [1.29, 1.82) is 0 Å². The summed E-state index contributed by atoms with van der Waals surface area (Å²) in [7, 11) is 3.83. The average Bonchev–Trinajstić information content (AvgIpc) is 2.99. The lowest BCUT2D eigenvalue weighted by Gasteiger charge is -2.33. The summed E-state index contributed by atoms with van der Waals surface area (Å²) < 4.78 is 1.96. The molecule has 7 heteroatoms. The number of aryl methyl sites for hydroxylation is 2. The summed E-state index contributed by atoms with van der Waals surface area (Å²) >= 11 is 0. The van der Waals surface area contributed by atoms with Crippen LogP contribution >= 0.6 is 24.0 Å². The molecule has 1 aliphatic rings. The van der Waals surface area contributed by atoms with Crippen molar-refractivity contribution in [3.05, 3.63) is 52.3 Å². The zero-order valence-corrected chi connectivity index (χ0v) is 22.9. The molecule has 1 aromatic carbocycles. The van der Waals surface area contributed by atoms with Gasteiger partial charge in [0.2, 0.25) is 0 Å². The van der Waals surface area contributed by atoms with Crippen molar-refractivity contribution in [1.82, 2.24) is 25.3 Å². The Morgan fingerprint density at radius 2 is 1.88 bits per heavy atom. The number of rotatable bonds is 7. The number of hydrogen-bond donors (Lipinski definition) is 2. The second-order valence-corrected chi connectivity index (χ2v) is 9.08. The predicted octanol–water partition coefficient (Wildman–Crippen LogP) is 4.33. The standard InChI is InChI=1S/C25H40N6.HI/c1-18(15-24-20(3)29-30(6)21(24)4)28-25(26-5)27-16-22-10-12-23(13-11-22)17-31-14-8-7-9-19(31)2;/h10-13,18-19H,7-9,14-17H2,1-6H3,(H2,26,27,28);1H. The molecule has 0 aliphatic carbocycles. The number of aromatic nitrogens is 2.